The molecule has 356 valence electrons. The summed E-state index contributed by atoms with van der Waals surface area (Å²) in [6, 6.07) is 16.6. The second kappa shape index (κ2) is 22.7. The second-order valence-electron chi connectivity index (χ2n) is 17.0. The fourth-order valence-corrected chi connectivity index (χ4v) is 8.24. The molecule has 6 rings (SSSR count). The Hall–Kier alpha value is -4.68. The monoisotopic (exact) mass is 956 g/mol. The average Bonchev–Trinajstić information content (AvgIpc) is 4.18. The number of aromatic hydroxyl groups is 2. The van der Waals surface area contributed by atoms with Crippen LogP contribution in [0.4, 0.5) is 26.3 Å². The minimum absolute atomic E-state index is 0.00904. The van der Waals surface area contributed by atoms with Crippen molar-refractivity contribution in [2.45, 2.75) is 87.6 Å². The minimum Gasteiger partial charge on any atom is -0.506 e. The van der Waals surface area contributed by atoms with E-state index < -0.39 is 53.3 Å². The molecule has 2 aromatic carbocycles. The van der Waals surface area contributed by atoms with Crippen molar-refractivity contribution in [1.82, 2.24) is 25.1 Å². The molecule has 4 aromatic rings. The van der Waals surface area contributed by atoms with Crippen LogP contribution in [0.1, 0.15) is 72.6 Å². The number of hydrogen-bond donors (Lipinski definition) is 5. The number of phenolic OH excluding ortho intramolecular Hbond substituents is 2. The lowest BCUT2D eigenvalue weighted by molar-refractivity contribution is -0.196. The zero-order valence-corrected chi connectivity index (χ0v) is 38.0. The maximum Gasteiger partial charge on any atom is 0.395 e. The highest BCUT2D eigenvalue weighted by Crippen LogP contribution is 2.67. The first-order chi connectivity index (χ1) is 30.4. The number of halogens is 8. The van der Waals surface area contributed by atoms with Gasteiger partial charge in [-0.15, -0.1) is 0 Å². The van der Waals surface area contributed by atoms with Crippen LogP contribution in [0.2, 0.25) is 10.0 Å². The number of rotatable bonds is 17. The van der Waals surface area contributed by atoms with E-state index >= 15 is 0 Å². The Morgan fingerprint density at radius 1 is 0.723 bits per heavy atom. The predicted molar refractivity (Wildman–Crippen MR) is 237 cm³/mol. The molecule has 2 saturated carbocycles. The van der Waals surface area contributed by atoms with Crippen LogP contribution in [0.15, 0.2) is 85.5 Å². The predicted octanol–water partition coefficient (Wildman–Crippen LogP) is 9.01. The number of carboxylic acid groups (broad SMARTS) is 1. The highest BCUT2D eigenvalue weighted by molar-refractivity contribution is 6.32. The van der Waals surface area contributed by atoms with Crippen LogP contribution in [0.3, 0.4) is 0 Å². The largest absolute Gasteiger partial charge is 0.506 e. The van der Waals surface area contributed by atoms with Gasteiger partial charge >= 0.3 is 18.3 Å². The normalized spacial score (nSPS) is 16.8. The van der Waals surface area contributed by atoms with Gasteiger partial charge in [0.1, 0.15) is 11.5 Å². The average molecular weight is 958 g/mol. The van der Waals surface area contributed by atoms with E-state index in [2.05, 4.69) is 20.2 Å². The zero-order valence-electron chi connectivity index (χ0n) is 36.5. The third-order valence-electron chi connectivity index (χ3n) is 12.2. The Morgan fingerprint density at radius 3 is 1.46 bits per heavy atom. The van der Waals surface area contributed by atoms with Crippen LogP contribution < -0.4 is 11.1 Å². The number of nitrogens with zero attached hydrogens (tertiary/aromatic N) is 4. The number of carboxylic acids is 1. The summed E-state index contributed by atoms with van der Waals surface area (Å²) in [5.41, 5.74) is 4.66. The molecule has 2 fully saturated rings. The van der Waals surface area contributed by atoms with Gasteiger partial charge in [0.2, 0.25) is 5.91 Å². The van der Waals surface area contributed by atoms with Gasteiger partial charge in [-0.25, -0.2) is 0 Å². The van der Waals surface area contributed by atoms with Crippen molar-refractivity contribution in [3.8, 4) is 11.5 Å². The van der Waals surface area contributed by atoms with Crippen LogP contribution in [-0.2, 0) is 22.4 Å². The number of carbonyl (C=O) groups excluding carboxylic acids is 1. The standard InChI is InChI=1S/C23H27ClF3N3O2.C12H12F3NO2.C11H17ClN2O/c1-30(2)17(10-15-5-6-20(31)19(24)11-15)14-29-21(32)12-18(16-4-3-9-28-13-16)22(7-8-22)23(25,26)27;13-12(14,15)11(3-4-11)9(6-10(17)18)8-2-1-5-16-7-8;1-14(2)9(7-13)5-8-3-4-11(15)10(12)6-8/h3-6,9,11,13,17-18,31H,7-8,10,12,14H2,1-2H3,(H,29,32);1-2,5,7,9H,3-4,6H2,(H,17,18);3-4,6,9,15H,5,7,13H2,1-2H3/t17-,18?;;9-/m0.0/s1. The van der Waals surface area contributed by atoms with Gasteiger partial charge < -0.3 is 36.2 Å². The summed E-state index contributed by atoms with van der Waals surface area (Å²) in [5.74, 6) is -3.56. The van der Waals surface area contributed by atoms with Gasteiger partial charge in [-0.3, -0.25) is 19.6 Å². The lowest BCUT2D eigenvalue weighted by atomic mass is 9.80. The summed E-state index contributed by atoms with van der Waals surface area (Å²) in [6.07, 6.45) is -2.43. The summed E-state index contributed by atoms with van der Waals surface area (Å²) in [6.45, 7) is 0.870. The minimum atomic E-state index is -4.38. The Bertz CT molecular complexity index is 2160. The molecule has 4 atom stereocenters. The van der Waals surface area contributed by atoms with Gasteiger partial charge in [0.25, 0.3) is 0 Å². The van der Waals surface area contributed by atoms with Gasteiger partial charge in [-0.05, 0) is 125 Å². The highest BCUT2D eigenvalue weighted by Gasteiger charge is 2.68. The molecule has 6 N–H and O–H groups in total. The molecular formula is C46H56Cl2F6N6O5. The zero-order chi connectivity index (χ0) is 48.3. The first-order valence-corrected chi connectivity index (χ1v) is 21.6. The number of alkyl halides is 6. The SMILES string of the molecule is CN(C)[C@H](CN)Cc1ccc(O)c(Cl)c1.CN(C)[C@H](CNC(=O)CC(c1cccnc1)C1(C(F)(F)F)CC1)Cc1ccc(O)c(Cl)c1.O=C(O)CC(c1cccnc1)C1(C(F)(F)F)CC1. The molecule has 0 spiro atoms. The number of nitrogens with two attached hydrogens (primary N) is 1. The first-order valence-electron chi connectivity index (χ1n) is 20.8. The van der Waals surface area contributed by atoms with Crippen molar-refractivity contribution in [1.29, 1.82) is 0 Å². The summed E-state index contributed by atoms with van der Waals surface area (Å²) >= 11 is 11.8. The van der Waals surface area contributed by atoms with E-state index in [4.69, 9.17) is 34.0 Å². The highest BCUT2D eigenvalue weighted by atomic mass is 35.5. The maximum absolute atomic E-state index is 13.8. The van der Waals surface area contributed by atoms with Crippen molar-refractivity contribution in [3.63, 3.8) is 0 Å². The van der Waals surface area contributed by atoms with Crippen LogP contribution in [0.5, 0.6) is 11.5 Å². The quantitative estimate of drug-likeness (QED) is 0.0646. The fourth-order valence-electron chi connectivity index (χ4n) is 7.83. The van der Waals surface area contributed by atoms with E-state index in [0.29, 0.717) is 35.2 Å². The van der Waals surface area contributed by atoms with E-state index in [1.54, 1.807) is 36.4 Å². The first kappa shape index (κ1) is 52.9. The van der Waals surface area contributed by atoms with Crippen molar-refractivity contribution < 1.29 is 51.3 Å². The number of hydrogen-bond acceptors (Lipinski definition) is 9. The van der Waals surface area contributed by atoms with E-state index in [1.165, 1.54) is 43.0 Å². The lowest BCUT2D eigenvalue weighted by Gasteiger charge is -2.30. The van der Waals surface area contributed by atoms with Crippen LogP contribution >= 0.6 is 23.2 Å². The molecule has 2 heterocycles. The topological polar surface area (TPSA) is 165 Å². The number of phenols is 2. The van der Waals surface area contributed by atoms with E-state index in [1.807, 2.05) is 39.2 Å². The number of benzene rings is 2. The molecule has 11 nitrogen and oxygen atoms in total. The third-order valence-corrected chi connectivity index (χ3v) is 12.8. The molecule has 0 aliphatic heterocycles. The second-order valence-corrected chi connectivity index (χ2v) is 17.9. The lowest BCUT2D eigenvalue weighted by Crippen LogP contribution is -2.42. The Balaban J connectivity index is 0.000000236. The number of pyridine rings is 2. The number of aliphatic carboxylic acids is 1. The molecule has 19 heteroatoms. The Morgan fingerprint density at radius 2 is 1.14 bits per heavy atom. The summed E-state index contributed by atoms with van der Waals surface area (Å²) in [4.78, 5) is 35.3. The summed E-state index contributed by atoms with van der Waals surface area (Å²) in [5, 5.41) is 31.1. The van der Waals surface area contributed by atoms with E-state index in [-0.39, 0.29) is 61.2 Å². The molecule has 2 aromatic heterocycles. The van der Waals surface area contributed by atoms with Gasteiger partial charge in [0, 0.05) is 68.2 Å². The number of nitrogens with one attached hydrogen (secondary N) is 1. The van der Waals surface area contributed by atoms with Crippen molar-refractivity contribution in [2.75, 3.05) is 41.3 Å². The number of aromatic nitrogens is 2. The molecular weight excluding hydrogens is 901 g/mol. The van der Waals surface area contributed by atoms with Gasteiger partial charge in [-0.2, -0.15) is 26.3 Å². The maximum atomic E-state index is 13.8. The molecule has 0 radical (unpaired) electrons. The Kier molecular flexibility index (Phi) is 18.5. The fraction of sp³-hybridized carbons (Fsp3) is 0.478. The summed E-state index contributed by atoms with van der Waals surface area (Å²) in [7, 11) is 7.72. The molecule has 0 bridgehead atoms. The van der Waals surface area contributed by atoms with Crippen molar-refractivity contribution in [2.24, 2.45) is 16.6 Å². The molecule has 2 aliphatic rings. The molecule has 2 aliphatic carbocycles. The molecule has 0 saturated heterocycles. The van der Waals surface area contributed by atoms with Crippen LogP contribution in [-0.4, -0.2) is 113 Å². The van der Waals surface area contributed by atoms with Crippen LogP contribution in [0.25, 0.3) is 0 Å². The van der Waals surface area contributed by atoms with Gasteiger partial charge in [0.05, 0.1) is 27.3 Å². The molecule has 1 amide bonds. The number of carbonyl (C=O) groups is 2. The van der Waals surface area contributed by atoms with Gasteiger partial charge in [0.15, 0.2) is 0 Å². The van der Waals surface area contributed by atoms with Crippen LogP contribution in [0, 0.1) is 10.8 Å². The molecule has 65 heavy (non-hydrogen) atoms. The third kappa shape index (κ3) is 14.4. The van der Waals surface area contributed by atoms with E-state index in [0.717, 1.165) is 17.5 Å². The van der Waals surface area contributed by atoms with E-state index in [9.17, 15) is 46.1 Å². The number of amides is 1. The number of likely N-dealkylation sites (N-methyl/N-ethyl adjacent to an activating group) is 2. The summed E-state index contributed by atoms with van der Waals surface area (Å²) < 4.78 is 80.7. The smallest absolute Gasteiger partial charge is 0.395 e. The Labute approximate surface area is 385 Å². The van der Waals surface area contributed by atoms with Crippen molar-refractivity contribution in [3.05, 3.63) is 118 Å². The molecule has 2 unspecified atom stereocenters. The van der Waals surface area contributed by atoms with Crippen molar-refractivity contribution >= 4 is 35.1 Å². The van der Waals surface area contributed by atoms with Gasteiger partial charge in [-0.1, -0.05) is 47.5 Å².